The summed E-state index contributed by atoms with van der Waals surface area (Å²) in [6.45, 7) is 3.86. The third-order valence-electron chi connectivity index (χ3n) is 5.09. The zero-order valence-electron chi connectivity index (χ0n) is 16.7. The highest BCUT2D eigenvalue weighted by molar-refractivity contribution is 6.35. The number of pyridine rings is 1. The maximum absolute atomic E-state index is 13.5. The zero-order valence-corrected chi connectivity index (χ0v) is 17.4. The van der Waals surface area contributed by atoms with Gasteiger partial charge in [-0.1, -0.05) is 24.6 Å². The van der Waals surface area contributed by atoms with E-state index in [-0.39, 0.29) is 27.9 Å². The molecule has 3 rings (SSSR count). The molecule has 0 saturated heterocycles. The minimum absolute atomic E-state index is 0.0123. The molecule has 1 aromatic heterocycles. The van der Waals surface area contributed by atoms with Gasteiger partial charge in [0.15, 0.2) is 0 Å². The Bertz CT molecular complexity index is 1200. The van der Waals surface area contributed by atoms with Gasteiger partial charge in [0, 0.05) is 23.0 Å². The quantitative estimate of drug-likeness (QED) is 0.483. The number of aromatic nitrogens is 1. The lowest BCUT2D eigenvalue weighted by atomic mass is 10.1. The minimum atomic E-state index is -4.87. The fraction of sp³-hybridized carbons (Fsp3) is 0.273. The smallest absolute Gasteiger partial charge is 0.324 e. The minimum Gasteiger partial charge on any atom is -0.324 e. The summed E-state index contributed by atoms with van der Waals surface area (Å²) in [7, 11) is 0. The molecule has 0 aliphatic heterocycles. The van der Waals surface area contributed by atoms with Crippen LogP contribution < -0.4 is 10.9 Å². The Labute approximate surface area is 180 Å². The molecule has 164 valence electrons. The van der Waals surface area contributed by atoms with E-state index in [1.54, 1.807) is 22.9 Å². The molecule has 4 nitrogen and oxygen atoms in total. The molecule has 3 aromatic rings. The lowest BCUT2D eigenvalue weighted by Crippen LogP contribution is -2.23. The Kier molecular flexibility index (Phi) is 6.40. The first-order chi connectivity index (χ1) is 14.5. The van der Waals surface area contributed by atoms with Crippen LogP contribution in [-0.4, -0.2) is 10.5 Å². The van der Waals surface area contributed by atoms with Gasteiger partial charge < -0.3 is 9.88 Å². The summed E-state index contributed by atoms with van der Waals surface area (Å²) in [5.74, 6) is -2.06. The van der Waals surface area contributed by atoms with Crippen molar-refractivity contribution in [2.45, 2.75) is 38.9 Å². The van der Waals surface area contributed by atoms with Crippen molar-refractivity contribution in [3.8, 4) is 0 Å². The molecular weight excluding hydrogens is 436 g/mol. The van der Waals surface area contributed by atoms with E-state index in [1.807, 2.05) is 13.8 Å². The summed E-state index contributed by atoms with van der Waals surface area (Å²) < 4.78 is 53.8. The van der Waals surface area contributed by atoms with Crippen LogP contribution in [0.2, 0.25) is 5.02 Å². The topological polar surface area (TPSA) is 51.1 Å². The van der Waals surface area contributed by atoms with Gasteiger partial charge in [0.2, 0.25) is 5.91 Å². The zero-order chi connectivity index (χ0) is 22.9. The number of carbonyl (C=O) groups excluding carboxylic acids is 1. The summed E-state index contributed by atoms with van der Waals surface area (Å²) >= 11 is 6.22. The normalized spacial score (nSPS) is 12.7. The van der Waals surface area contributed by atoms with Crippen LogP contribution >= 0.6 is 11.6 Å². The molecule has 9 heteroatoms. The van der Waals surface area contributed by atoms with E-state index in [2.05, 4.69) is 5.32 Å². The van der Waals surface area contributed by atoms with Crippen LogP contribution in [-0.2, 0) is 17.4 Å². The number of nitrogens with zero attached hydrogens (tertiary/aromatic N) is 1. The summed E-state index contributed by atoms with van der Waals surface area (Å²) in [5, 5.41) is 3.52. The lowest BCUT2D eigenvalue weighted by molar-refractivity contribution is -0.140. The molecule has 1 N–H and O–H groups in total. The number of amides is 1. The molecular formula is C22H19ClF4N2O2. The SMILES string of the molecule is CC[C@@H](C)n1ccc2c(NC(=O)Cc3ccc(F)c(C(F)(F)F)c3)c(Cl)ccc2c1=O. The number of halogens is 5. The van der Waals surface area contributed by atoms with Gasteiger partial charge in [-0.3, -0.25) is 9.59 Å². The number of alkyl halides is 3. The predicted octanol–water partition coefficient (Wildman–Crippen LogP) is 5.97. The van der Waals surface area contributed by atoms with Crippen molar-refractivity contribution in [3.05, 3.63) is 74.9 Å². The average molecular weight is 455 g/mol. The first kappa shape index (κ1) is 22.8. The molecule has 0 unspecified atom stereocenters. The van der Waals surface area contributed by atoms with Crippen LogP contribution in [0.3, 0.4) is 0 Å². The number of hydrogen-bond donors (Lipinski definition) is 1. The maximum Gasteiger partial charge on any atom is 0.419 e. The van der Waals surface area contributed by atoms with Gasteiger partial charge in [0.1, 0.15) is 5.82 Å². The number of nitrogens with one attached hydrogen (secondary N) is 1. The molecule has 0 aliphatic carbocycles. The number of hydrogen-bond acceptors (Lipinski definition) is 2. The summed E-state index contributed by atoms with van der Waals surface area (Å²) in [6.07, 6.45) is -2.94. The fourth-order valence-corrected chi connectivity index (χ4v) is 3.47. The number of anilines is 1. The molecule has 0 aliphatic rings. The van der Waals surface area contributed by atoms with Gasteiger partial charge in [0.25, 0.3) is 5.56 Å². The first-order valence-electron chi connectivity index (χ1n) is 9.51. The fourth-order valence-electron chi connectivity index (χ4n) is 3.25. The molecule has 0 radical (unpaired) electrons. The second-order valence-electron chi connectivity index (χ2n) is 7.21. The van der Waals surface area contributed by atoms with Crippen LogP contribution in [0.25, 0.3) is 10.8 Å². The number of benzene rings is 2. The first-order valence-corrected chi connectivity index (χ1v) is 9.89. The van der Waals surface area contributed by atoms with Gasteiger partial charge in [-0.15, -0.1) is 0 Å². The van der Waals surface area contributed by atoms with Gasteiger partial charge in [-0.05, 0) is 49.2 Å². The van der Waals surface area contributed by atoms with E-state index in [0.29, 0.717) is 22.9 Å². The monoisotopic (exact) mass is 454 g/mol. The standard InChI is InChI=1S/C22H19ClF4N2O2/c1-3-12(2)29-9-8-14-15(21(29)31)5-6-17(23)20(14)28-19(30)11-13-4-7-18(24)16(10-13)22(25,26)27/h4-10,12H,3,11H2,1-2H3,(H,28,30)/t12-/m1/s1. The highest BCUT2D eigenvalue weighted by atomic mass is 35.5. The molecule has 0 fully saturated rings. The van der Waals surface area contributed by atoms with E-state index in [4.69, 9.17) is 11.6 Å². The summed E-state index contributed by atoms with van der Waals surface area (Å²) in [4.78, 5) is 25.3. The molecule has 2 aromatic carbocycles. The molecule has 0 bridgehead atoms. The molecule has 0 saturated carbocycles. The van der Waals surface area contributed by atoms with Gasteiger partial charge in [0.05, 0.1) is 22.7 Å². The van der Waals surface area contributed by atoms with Crippen molar-refractivity contribution >= 4 is 34.0 Å². The van der Waals surface area contributed by atoms with Crippen molar-refractivity contribution in [3.63, 3.8) is 0 Å². The Balaban J connectivity index is 1.93. The van der Waals surface area contributed by atoms with Gasteiger partial charge in [-0.25, -0.2) is 4.39 Å². The Morgan fingerprint density at radius 3 is 2.52 bits per heavy atom. The molecule has 31 heavy (non-hydrogen) atoms. The molecule has 1 atom stereocenters. The van der Waals surface area contributed by atoms with Crippen molar-refractivity contribution in [1.82, 2.24) is 4.57 Å². The van der Waals surface area contributed by atoms with E-state index in [9.17, 15) is 27.2 Å². The van der Waals surface area contributed by atoms with E-state index >= 15 is 0 Å². The van der Waals surface area contributed by atoms with Gasteiger partial charge in [-0.2, -0.15) is 13.2 Å². The second-order valence-corrected chi connectivity index (χ2v) is 7.61. The Morgan fingerprint density at radius 1 is 1.16 bits per heavy atom. The van der Waals surface area contributed by atoms with Crippen LogP contribution in [0, 0.1) is 5.82 Å². The van der Waals surface area contributed by atoms with Crippen LogP contribution in [0.4, 0.5) is 23.2 Å². The molecule has 1 amide bonds. The number of rotatable bonds is 5. The number of fused-ring (bicyclic) bond motifs is 1. The van der Waals surface area contributed by atoms with E-state index < -0.39 is 29.9 Å². The Hall–Kier alpha value is -2.87. The highest BCUT2D eigenvalue weighted by Crippen LogP contribution is 2.33. The van der Waals surface area contributed by atoms with Crippen molar-refractivity contribution in [2.75, 3.05) is 5.32 Å². The largest absolute Gasteiger partial charge is 0.419 e. The van der Waals surface area contributed by atoms with Crippen LogP contribution in [0.5, 0.6) is 0 Å². The van der Waals surface area contributed by atoms with Crippen LogP contribution in [0.15, 0.2) is 47.4 Å². The second kappa shape index (κ2) is 8.70. The third kappa shape index (κ3) is 4.74. The van der Waals surface area contributed by atoms with Crippen molar-refractivity contribution < 1.29 is 22.4 Å². The van der Waals surface area contributed by atoms with Gasteiger partial charge >= 0.3 is 6.18 Å². The third-order valence-corrected chi connectivity index (χ3v) is 5.41. The Morgan fingerprint density at radius 2 is 1.87 bits per heavy atom. The van der Waals surface area contributed by atoms with E-state index in [1.165, 1.54) is 6.07 Å². The highest BCUT2D eigenvalue weighted by Gasteiger charge is 2.34. The molecule has 1 heterocycles. The van der Waals surface area contributed by atoms with Crippen LogP contribution in [0.1, 0.15) is 37.4 Å². The summed E-state index contributed by atoms with van der Waals surface area (Å²) in [5.41, 5.74) is -1.50. The van der Waals surface area contributed by atoms with E-state index in [0.717, 1.165) is 12.5 Å². The van der Waals surface area contributed by atoms with Crippen molar-refractivity contribution in [1.29, 1.82) is 0 Å². The predicted molar refractivity (Wildman–Crippen MR) is 112 cm³/mol. The maximum atomic E-state index is 13.5. The summed E-state index contributed by atoms with van der Waals surface area (Å²) in [6, 6.07) is 7.06. The number of carbonyl (C=O) groups is 1. The molecule has 0 spiro atoms. The lowest BCUT2D eigenvalue weighted by Gasteiger charge is -2.16. The average Bonchev–Trinajstić information content (AvgIpc) is 2.70. The van der Waals surface area contributed by atoms with Crippen molar-refractivity contribution in [2.24, 2.45) is 0 Å².